The van der Waals surface area contributed by atoms with E-state index in [9.17, 15) is 4.79 Å². The van der Waals surface area contributed by atoms with Crippen molar-refractivity contribution in [1.29, 1.82) is 0 Å². The van der Waals surface area contributed by atoms with Gasteiger partial charge in [-0.2, -0.15) is 0 Å². The van der Waals surface area contributed by atoms with Crippen molar-refractivity contribution in [2.45, 2.75) is 33.4 Å². The zero-order chi connectivity index (χ0) is 19.5. The van der Waals surface area contributed by atoms with Crippen LogP contribution in [0.1, 0.15) is 23.6 Å². The highest BCUT2D eigenvalue weighted by Gasteiger charge is 2.11. The van der Waals surface area contributed by atoms with Crippen LogP contribution in [0.3, 0.4) is 0 Å². The second kappa shape index (κ2) is 7.68. The normalized spacial score (nSPS) is 11.1. The van der Waals surface area contributed by atoms with Crippen LogP contribution in [0.2, 0.25) is 0 Å². The Balaban J connectivity index is 1.46. The highest BCUT2D eigenvalue weighted by molar-refractivity contribution is 5.91. The number of carbonyl (C=O) groups is 1. The molecule has 0 fully saturated rings. The summed E-state index contributed by atoms with van der Waals surface area (Å²) in [5.74, 6) is 1.86. The van der Waals surface area contributed by atoms with Crippen molar-refractivity contribution in [3.63, 3.8) is 0 Å². The van der Waals surface area contributed by atoms with Crippen LogP contribution in [-0.4, -0.2) is 25.0 Å². The highest BCUT2D eigenvalue weighted by Crippen LogP contribution is 2.19. The second-order valence-corrected chi connectivity index (χ2v) is 6.86. The van der Waals surface area contributed by atoms with Crippen molar-refractivity contribution in [3.05, 3.63) is 78.1 Å². The maximum Gasteiger partial charge on any atom is 0.226 e. The first kappa shape index (κ1) is 18.0. The van der Waals surface area contributed by atoms with E-state index >= 15 is 0 Å². The average molecular weight is 373 g/mol. The molecule has 0 saturated carbocycles. The van der Waals surface area contributed by atoms with Gasteiger partial charge in [0.1, 0.15) is 11.6 Å². The van der Waals surface area contributed by atoms with Gasteiger partial charge in [0, 0.05) is 31.0 Å². The van der Waals surface area contributed by atoms with Crippen LogP contribution < -0.4 is 5.32 Å². The Morgan fingerprint density at radius 1 is 1.04 bits per heavy atom. The number of nitrogens with zero attached hydrogens (tertiary/aromatic N) is 4. The third-order valence-electron chi connectivity index (χ3n) is 4.96. The Morgan fingerprint density at radius 2 is 1.82 bits per heavy atom. The molecule has 4 rings (SSSR count). The van der Waals surface area contributed by atoms with Crippen molar-refractivity contribution < 1.29 is 4.79 Å². The van der Waals surface area contributed by atoms with E-state index < -0.39 is 0 Å². The molecule has 2 heterocycles. The number of rotatable bonds is 6. The number of amides is 1. The minimum absolute atomic E-state index is 0.00742. The average Bonchev–Trinajstić information content (AvgIpc) is 3.23. The highest BCUT2D eigenvalue weighted by atomic mass is 16.1. The van der Waals surface area contributed by atoms with Crippen molar-refractivity contribution in [1.82, 2.24) is 19.1 Å². The number of imidazole rings is 2. The van der Waals surface area contributed by atoms with Crippen LogP contribution in [0.25, 0.3) is 11.0 Å². The number of hydrogen-bond acceptors (Lipinski definition) is 3. The van der Waals surface area contributed by atoms with Crippen molar-refractivity contribution in [2.24, 2.45) is 0 Å². The molecule has 0 saturated heterocycles. The summed E-state index contributed by atoms with van der Waals surface area (Å²) in [6.07, 6.45) is 4.12. The molecule has 142 valence electrons. The first-order valence-electron chi connectivity index (χ1n) is 9.39. The van der Waals surface area contributed by atoms with Crippen LogP contribution in [0, 0.1) is 13.8 Å². The van der Waals surface area contributed by atoms with Gasteiger partial charge in [0.2, 0.25) is 5.91 Å². The number of hydrogen-bond donors (Lipinski definition) is 1. The fraction of sp³-hybridized carbons (Fsp3) is 0.227. The van der Waals surface area contributed by atoms with Crippen molar-refractivity contribution in [3.8, 4) is 0 Å². The van der Waals surface area contributed by atoms with Gasteiger partial charge in [-0.25, -0.2) is 9.97 Å². The Bertz CT molecular complexity index is 1120. The predicted molar refractivity (Wildman–Crippen MR) is 110 cm³/mol. The van der Waals surface area contributed by atoms with Crippen LogP contribution in [-0.2, 0) is 17.9 Å². The molecule has 0 bridgehead atoms. The summed E-state index contributed by atoms with van der Waals surface area (Å²) >= 11 is 0. The van der Waals surface area contributed by atoms with E-state index in [1.807, 2.05) is 68.6 Å². The quantitative estimate of drug-likeness (QED) is 0.557. The molecule has 0 unspecified atom stereocenters. The van der Waals surface area contributed by atoms with E-state index in [1.54, 1.807) is 6.20 Å². The van der Waals surface area contributed by atoms with Gasteiger partial charge in [-0.15, -0.1) is 0 Å². The largest absolute Gasteiger partial charge is 0.331 e. The molecule has 1 N–H and O–H groups in total. The second-order valence-electron chi connectivity index (χ2n) is 6.86. The third kappa shape index (κ3) is 3.67. The van der Waals surface area contributed by atoms with E-state index in [2.05, 4.69) is 24.4 Å². The van der Waals surface area contributed by atoms with Gasteiger partial charge >= 0.3 is 0 Å². The summed E-state index contributed by atoms with van der Waals surface area (Å²) in [7, 11) is 0. The van der Waals surface area contributed by atoms with Crippen LogP contribution in [0.15, 0.2) is 60.9 Å². The Kier molecular flexibility index (Phi) is 4.93. The minimum atomic E-state index is -0.00742. The molecule has 6 nitrogen and oxygen atoms in total. The SMILES string of the molecule is Cc1nccn1Cc1ccccc1NC(=O)CCn1c(C)nc2ccccc21. The van der Waals surface area contributed by atoms with E-state index in [4.69, 9.17) is 0 Å². The van der Waals surface area contributed by atoms with Crippen LogP contribution >= 0.6 is 0 Å². The first-order valence-corrected chi connectivity index (χ1v) is 9.39. The molecule has 0 spiro atoms. The zero-order valence-corrected chi connectivity index (χ0v) is 16.1. The minimum Gasteiger partial charge on any atom is -0.331 e. The first-order chi connectivity index (χ1) is 13.6. The lowest BCUT2D eigenvalue weighted by Crippen LogP contribution is -2.16. The number of aryl methyl sites for hydroxylation is 3. The van der Waals surface area contributed by atoms with Crippen LogP contribution in [0.4, 0.5) is 5.69 Å². The number of fused-ring (bicyclic) bond motifs is 1. The van der Waals surface area contributed by atoms with E-state index in [-0.39, 0.29) is 5.91 Å². The van der Waals surface area contributed by atoms with Gasteiger partial charge in [0.25, 0.3) is 0 Å². The maximum absolute atomic E-state index is 12.6. The fourth-order valence-corrected chi connectivity index (χ4v) is 3.44. The van der Waals surface area contributed by atoms with Gasteiger partial charge in [0.15, 0.2) is 0 Å². The molecule has 0 radical (unpaired) electrons. The molecule has 0 aliphatic carbocycles. The number of para-hydroxylation sites is 3. The molecular weight excluding hydrogens is 350 g/mol. The lowest BCUT2D eigenvalue weighted by atomic mass is 10.1. The maximum atomic E-state index is 12.6. The molecule has 28 heavy (non-hydrogen) atoms. The smallest absolute Gasteiger partial charge is 0.226 e. The molecular formula is C22H23N5O. The molecule has 0 aliphatic heterocycles. The summed E-state index contributed by atoms with van der Waals surface area (Å²) in [6, 6.07) is 15.9. The molecule has 4 aromatic rings. The molecule has 6 heteroatoms. The lowest BCUT2D eigenvalue weighted by molar-refractivity contribution is -0.116. The topological polar surface area (TPSA) is 64.7 Å². The van der Waals surface area contributed by atoms with Gasteiger partial charge in [-0.1, -0.05) is 30.3 Å². The molecule has 1 amide bonds. The van der Waals surface area contributed by atoms with Crippen molar-refractivity contribution in [2.75, 3.05) is 5.32 Å². The summed E-state index contributed by atoms with van der Waals surface area (Å²) in [5.41, 5.74) is 3.92. The molecule has 0 atom stereocenters. The molecule has 2 aromatic carbocycles. The number of nitrogens with one attached hydrogen (secondary N) is 1. The van der Waals surface area contributed by atoms with Gasteiger partial charge in [0.05, 0.1) is 17.6 Å². The monoisotopic (exact) mass is 373 g/mol. The van der Waals surface area contributed by atoms with Gasteiger partial charge in [-0.3, -0.25) is 4.79 Å². The Morgan fingerprint density at radius 3 is 2.64 bits per heavy atom. The van der Waals surface area contributed by atoms with Gasteiger partial charge < -0.3 is 14.5 Å². The summed E-state index contributed by atoms with van der Waals surface area (Å²) in [6.45, 7) is 5.22. The predicted octanol–water partition coefficient (Wildman–Crippen LogP) is 3.93. The van der Waals surface area contributed by atoms with E-state index in [1.165, 1.54) is 0 Å². The van der Waals surface area contributed by atoms with Crippen molar-refractivity contribution >= 4 is 22.6 Å². The number of aromatic nitrogens is 4. The fourth-order valence-electron chi connectivity index (χ4n) is 3.44. The van der Waals surface area contributed by atoms with Gasteiger partial charge in [-0.05, 0) is 37.6 Å². The number of carbonyl (C=O) groups excluding carboxylic acids is 1. The number of benzene rings is 2. The van der Waals surface area contributed by atoms with Crippen LogP contribution in [0.5, 0.6) is 0 Å². The summed E-state index contributed by atoms with van der Waals surface area (Å²) in [4.78, 5) is 21.4. The summed E-state index contributed by atoms with van der Waals surface area (Å²) in [5, 5.41) is 3.07. The summed E-state index contributed by atoms with van der Waals surface area (Å²) < 4.78 is 4.15. The number of anilines is 1. The van der Waals surface area contributed by atoms with E-state index in [0.717, 1.165) is 33.9 Å². The standard InChI is InChI=1S/C22H23N5O/c1-16-23-12-14-26(16)15-18-7-3-4-8-19(18)25-22(28)11-13-27-17(2)24-20-9-5-6-10-21(20)27/h3-10,12,14H,11,13,15H2,1-2H3,(H,25,28). The third-order valence-corrected chi connectivity index (χ3v) is 4.96. The Hall–Kier alpha value is -3.41. The Labute approximate surface area is 163 Å². The zero-order valence-electron chi connectivity index (χ0n) is 16.1. The lowest BCUT2D eigenvalue weighted by Gasteiger charge is -2.13. The molecule has 0 aliphatic rings. The van der Waals surface area contributed by atoms with E-state index in [0.29, 0.717) is 19.5 Å². The molecule has 2 aromatic heterocycles.